The van der Waals surface area contributed by atoms with Crippen LogP contribution >= 0.6 is 0 Å². The maximum atomic E-state index is 10.7. The van der Waals surface area contributed by atoms with Crippen molar-refractivity contribution in [3.63, 3.8) is 0 Å². The van der Waals surface area contributed by atoms with Crippen LogP contribution in [0, 0.1) is 0 Å². The molecule has 0 fully saturated rings. The molecule has 0 spiro atoms. The molecule has 1 unspecified atom stereocenters. The summed E-state index contributed by atoms with van der Waals surface area (Å²) in [5, 5.41) is 10.1. The van der Waals surface area contributed by atoms with Gasteiger partial charge in [-0.1, -0.05) is 96.8 Å². The Morgan fingerprint density at radius 1 is 0.680 bits per heavy atom. The lowest BCUT2D eigenvalue weighted by Gasteiger charge is -2.22. The van der Waals surface area contributed by atoms with Gasteiger partial charge in [0.1, 0.15) is 0 Å². The van der Waals surface area contributed by atoms with E-state index in [1.54, 1.807) is 6.92 Å². The second kappa shape index (κ2) is 15.0. The predicted molar refractivity (Wildman–Crippen MR) is 107 cm³/mol. The Labute approximate surface area is 156 Å². The molecule has 0 amide bonds. The predicted octanol–water partition coefficient (Wildman–Crippen LogP) is 5.89. The van der Waals surface area contributed by atoms with Crippen LogP contribution in [0.25, 0.3) is 0 Å². The average Bonchev–Trinajstić information content (AvgIpc) is 2.53. The number of aliphatic hydroxyl groups is 1. The van der Waals surface area contributed by atoms with E-state index in [1.807, 2.05) is 0 Å². The highest BCUT2D eigenvalue weighted by Gasteiger charge is 2.22. The zero-order chi connectivity index (χ0) is 19.0. The fourth-order valence-corrected chi connectivity index (χ4v) is 3.87. The van der Waals surface area contributed by atoms with Gasteiger partial charge in [0.15, 0.2) is 0 Å². The number of hydrogen-bond donors (Lipinski definition) is 2. The van der Waals surface area contributed by atoms with Gasteiger partial charge in [0.2, 0.25) is 0 Å². The molecule has 0 aliphatic heterocycles. The molecule has 1 atom stereocenters. The summed E-state index contributed by atoms with van der Waals surface area (Å²) >= 11 is 0. The van der Waals surface area contributed by atoms with Crippen LogP contribution in [0.3, 0.4) is 0 Å². The fourth-order valence-electron chi connectivity index (χ4n) is 3.17. The third-order valence-corrected chi connectivity index (χ3v) is 5.69. The van der Waals surface area contributed by atoms with Crippen LogP contribution < -0.4 is 0 Å². The van der Waals surface area contributed by atoms with Crippen LogP contribution in [0.15, 0.2) is 0 Å². The van der Waals surface area contributed by atoms with E-state index < -0.39 is 15.7 Å². The first-order chi connectivity index (χ1) is 11.8. The van der Waals surface area contributed by atoms with Gasteiger partial charge in [-0.05, 0) is 19.8 Å². The average molecular weight is 379 g/mol. The van der Waals surface area contributed by atoms with Gasteiger partial charge < -0.3 is 5.11 Å². The number of rotatable bonds is 18. The summed E-state index contributed by atoms with van der Waals surface area (Å²) in [6, 6.07) is 0. The van der Waals surface area contributed by atoms with Gasteiger partial charge in [-0.15, -0.1) is 0 Å². The minimum atomic E-state index is -3.98. The fraction of sp³-hybridized carbons (Fsp3) is 1.00. The van der Waals surface area contributed by atoms with Crippen LogP contribution in [0.5, 0.6) is 0 Å². The summed E-state index contributed by atoms with van der Waals surface area (Å²) in [5.74, 6) is -0.362. The van der Waals surface area contributed by atoms with Gasteiger partial charge in [-0.2, -0.15) is 8.42 Å². The lowest BCUT2D eigenvalue weighted by Crippen LogP contribution is -2.27. The van der Waals surface area contributed by atoms with Gasteiger partial charge in [0.25, 0.3) is 10.1 Å². The summed E-state index contributed by atoms with van der Waals surface area (Å²) in [6.07, 6.45) is 18.8. The van der Waals surface area contributed by atoms with Crippen LogP contribution in [0.2, 0.25) is 0 Å². The molecular weight excluding hydrogens is 336 g/mol. The largest absolute Gasteiger partial charge is 0.390 e. The topological polar surface area (TPSA) is 74.6 Å². The highest BCUT2D eigenvalue weighted by atomic mass is 32.2. The normalized spacial score (nSPS) is 14.6. The van der Waals surface area contributed by atoms with Crippen LogP contribution in [0.4, 0.5) is 0 Å². The third kappa shape index (κ3) is 20.0. The second-order valence-corrected chi connectivity index (χ2v) is 9.45. The van der Waals surface area contributed by atoms with Crippen LogP contribution in [0.1, 0.15) is 117 Å². The smallest absolute Gasteiger partial charge is 0.264 e. The molecule has 0 rings (SSSR count). The van der Waals surface area contributed by atoms with Crippen LogP contribution in [-0.4, -0.2) is 29.4 Å². The Morgan fingerprint density at radius 3 is 1.40 bits per heavy atom. The summed E-state index contributed by atoms with van der Waals surface area (Å²) in [6.45, 7) is 3.91. The van der Waals surface area contributed by atoms with Gasteiger partial charge >= 0.3 is 0 Å². The Balaban J connectivity index is 3.33. The lowest BCUT2D eigenvalue weighted by molar-refractivity contribution is 0.0446. The Morgan fingerprint density at radius 2 is 1.04 bits per heavy atom. The minimum Gasteiger partial charge on any atom is -0.390 e. The SMILES string of the molecule is CCCCCCCCCCCCCCCCC(C)(O)CCS(=O)(=O)O. The van der Waals surface area contributed by atoms with E-state index in [-0.39, 0.29) is 12.2 Å². The maximum absolute atomic E-state index is 10.7. The third-order valence-electron chi connectivity index (χ3n) is 4.97. The van der Waals surface area contributed by atoms with E-state index in [2.05, 4.69) is 6.92 Å². The van der Waals surface area contributed by atoms with Crippen molar-refractivity contribution in [1.29, 1.82) is 0 Å². The summed E-state index contributed by atoms with van der Waals surface area (Å²) in [4.78, 5) is 0. The van der Waals surface area contributed by atoms with Gasteiger partial charge in [0.05, 0.1) is 11.4 Å². The molecule has 0 heterocycles. The van der Waals surface area contributed by atoms with Crippen molar-refractivity contribution >= 4 is 10.1 Å². The highest BCUT2D eigenvalue weighted by molar-refractivity contribution is 7.85. The van der Waals surface area contributed by atoms with Gasteiger partial charge in [-0.3, -0.25) is 4.55 Å². The van der Waals surface area contributed by atoms with E-state index in [1.165, 1.54) is 77.0 Å². The number of hydrogen-bond acceptors (Lipinski definition) is 3. The van der Waals surface area contributed by atoms with Crippen molar-refractivity contribution in [3.8, 4) is 0 Å². The molecule has 0 aromatic rings. The van der Waals surface area contributed by atoms with Crippen LogP contribution in [-0.2, 0) is 10.1 Å². The first-order valence-corrected chi connectivity index (χ1v) is 12.1. The van der Waals surface area contributed by atoms with E-state index >= 15 is 0 Å². The van der Waals surface area contributed by atoms with Crippen molar-refractivity contribution in [1.82, 2.24) is 0 Å². The molecule has 5 heteroatoms. The molecule has 4 nitrogen and oxygen atoms in total. The molecule has 0 aromatic carbocycles. The van der Waals surface area contributed by atoms with Crippen molar-refractivity contribution in [2.24, 2.45) is 0 Å². The molecular formula is C20H42O4S. The molecule has 0 saturated heterocycles. The highest BCUT2D eigenvalue weighted by Crippen LogP contribution is 2.20. The van der Waals surface area contributed by atoms with E-state index in [0.717, 1.165) is 12.8 Å². The molecule has 152 valence electrons. The molecule has 0 aliphatic rings. The summed E-state index contributed by atoms with van der Waals surface area (Å²) in [5.41, 5.74) is -0.993. The van der Waals surface area contributed by atoms with E-state index in [9.17, 15) is 13.5 Å². The Bertz CT molecular complexity index is 391. The standard InChI is InChI=1S/C20H42O4S/c1-3-4-5-6-7-8-9-10-11-12-13-14-15-16-17-20(2,21)18-19-25(22,23)24/h21H,3-19H2,1-2H3,(H,22,23,24). The van der Waals surface area contributed by atoms with Crippen molar-refractivity contribution < 1.29 is 18.1 Å². The Kier molecular flexibility index (Phi) is 14.9. The monoisotopic (exact) mass is 378 g/mol. The molecule has 0 saturated carbocycles. The zero-order valence-electron chi connectivity index (χ0n) is 16.6. The van der Waals surface area contributed by atoms with Crippen molar-refractivity contribution in [3.05, 3.63) is 0 Å². The summed E-state index contributed by atoms with van der Waals surface area (Å²) < 4.78 is 30.2. The molecule has 0 radical (unpaired) electrons. The number of unbranched alkanes of at least 4 members (excludes halogenated alkanes) is 13. The first kappa shape index (κ1) is 24.9. The zero-order valence-corrected chi connectivity index (χ0v) is 17.5. The Hall–Kier alpha value is -0.130. The molecule has 0 bridgehead atoms. The summed E-state index contributed by atoms with van der Waals surface area (Å²) in [7, 11) is -3.98. The molecule has 0 aromatic heterocycles. The maximum Gasteiger partial charge on any atom is 0.264 e. The molecule has 2 N–H and O–H groups in total. The molecule has 25 heavy (non-hydrogen) atoms. The van der Waals surface area contributed by atoms with Crippen molar-refractivity contribution in [2.45, 2.75) is 122 Å². The van der Waals surface area contributed by atoms with Gasteiger partial charge in [0, 0.05) is 0 Å². The second-order valence-electron chi connectivity index (χ2n) is 7.88. The van der Waals surface area contributed by atoms with E-state index in [4.69, 9.17) is 4.55 Å². The minimum absolute atomic E-state index is 0.101. The lowest BCUT2D eigenvalue weighted by atomic mass is 9.95. The van der Waals surface area contributed by atoms with Crippen molar-refractivity contribution in [2.75, 3.05) is 5.75 Å². The van der Waals surface area contributed by atoms with Gasteiger partial charge in [-0.25, -0.2) is 0 Å². The first-order valence-electron chi connectivity index (χ1n) is 10.4. The quantitative estimate of drug-likeness (QED) is 0.230. The molecule has 0 aliphatic carbocycles. The van der Waals surface area contributed by atoms with E-state index in [0.29, 0.717) is 6.42 Å².